The van der Waals surface area contributed by atoms with Crippen LogP contribution in [0.1, 0.15) is 11.1 Å². The number of ether oxygens (including phenoxy) is 2. The third kappa shape index (κ3) is 4.24. The number of sulfonamides is 1. The minimum Gasteiger partial charge on any atom is -0.493 e. The molecule has 0 aliphatic heterocycles. The molecule has 1 aliphatic rings. The predicted molar refractivity (Wildman–Crippen MR) is 141 cm³/mol. The second-order valence-corrected chi connectivity index (χ2v) is 10.4. The normalized spacial score (nSPS) is 12.4. The monoisotopic (exact) mass is 502 g/mol. The molecule has 0 aromatic heterocycles. The van der Waals surface area contributed by atoms with Gasteiger partial charge in [0, 0.05) is 17.1 Å². The summed E-state index contributed by atoms with van der Waals surface area (Å²) in [7, 11) is -1.08. The van der Waals surface area contributed by atoms with E-state index in [4.69, 9.17) is 9.47 Å². The maximum Gasteiger partial charge on any atom is 0.264 e. The predicted octanol–water partition coefficient (Wildman–Crippen LogP) is 4.79. The minimum absolute atomic E-state index is 0.0814. The fourth-order valence-electron chi connectivity index (χ4n) is 4.69. The van der Waals surface area contributed by atoms with Crippen LogP contribution in [0.15, 0.2) is 83.8 Å². The molecule has 0 heterocycles. The zero-order valence-corrected chi connectivity index (χ0v) is 20.8. The van der Waals surface area contributed by atoms with Crippen molar-refractivity contribution in [3.63, 3.8) is 0 Å². The second kappa shape index (κ2) is 9.54. The largest absolute Gasteiger partial charge is 0.493 e. The summed E-state index contributed by atoms with van der Waals surface area (Å²) in [6.45, 7) is -0.421. The minimum atomic E-state index is -4.06. The Morgan fingerprint density at radius 2 is 1.58 bits per heavy atom. The van der Waals surface area contributed by atoms with E-state index < -0.39 is 22.5 Å². The summed E-state index contributed by atoms with van der Waals surface area (Å²) in [5.41, 5.74) is 3.47. The Bertz CT molecular complexity index is 1540. The van der Waals surface area contributed by atoms with Crippen LogP contribution in [-0.4, -0.2) is 35.1 Å². The zero-order chi connectivity index (χ0) is 25.3. The lowest BCUT2D eigenvalue weighted by Crippen LogP contribution is -2.38. The van der Waals surface area contributed by atoms with Crippen molar-refractivity contribution in [3.8, 4) is 11.5 Å². The summed E-state index contributed by atoms with van der Waals surface area (Å²) >= 11 is 0. The number of nitrogens with zero attached hydrogens (tertiary/aromatic N) is 1. The highest BCUT2D eigenvalue weighted by atomic mass is 32.2. The van der Waals surface area contributed by atoms with Crippen LogP contribution in [0.5, 0.6) is 11.5 Å². The number of carbonyl (C=O) groups is 1. The van der Waals surface area contributed by atoms with E-state index in [1.807, 2.05) is 24.3 Å². The third-order valence-corrected chi connectivity index (χ3v) is 8.21. The van der Waals surface area contributed by atoms with Crippen molar-refractivity contribution in [2.45, 2.75) is 17.7 Å². The van der Waals surface area contributed by atoms with E-state index in [0.717, 1.165) is 22.5 Å². The molecule has 1 amide bonds. The molecule has 0 atom stereocenters. The van der Waals surface area contributed by atoms with E-state index in [0.29, 0.717) is 17.2 Å². The average molecular weight is 503 g/mol. The Morgan fingerprint density at radius 1 is 0.861 bits per heavy atom. The Balaban J connectivity index is 1.51. The lowest BCUT2D eigenvalue weighted by molar-refractivity contribution is -0.114. The van der Waals surface area contributed by atoms with Gasteiger partial charge >= 0.3 is 0 Å². The molecule has 36 heavy (non-hydrogen) atoms. The molecule has 0 radical (unpaired) electrons. The van der Waals surface area contributed by atoms with Gasteiger partial charge in [-0.05, 0) is 59.7 Å². The molecule has 184 valence electrons. The molecule has 1 N–H and O–H groups in total. The molecule has 0 saturated carbocycles. The van der Waals surface area contributed by atoms with Gasteiger partial charge in [-0.15, -0.1) is 0 Å². The van der Waals surface area contributed by atoms with Crippen LogP contribution in [0, 0.1) is 0 Å². The first-order chi connectivity index (χ1) is 17.4. The van der Waals surface area contributed by atoms with Gasteiger partial charge in [0.1, 0.15) is 6.54 Å². The number of hydrogen-bond acceptors (Lipinski definition) is 5. The van der Waals surface area contributed by atoms with Gasteiger partial charge < -0.3 is 14.8 Å². The number of hydrogen-bond donors (Lipinski definition) is 1. The van der Waals surface area contributed by atoms with Gasteiger partial charge in [-0.2, -0.15) is 0 Å². The van der Waals surface area contributed by atoms with E-state index in [9.17, 15) is 13.2 Å². The van der Waals surface area contributed by atoms with Crippen LogP contribution < -0.4 is 19.1 Å². The average Bonchev–Trinajstić information content (AvgIpc) is 3.33. The summed E-state index contributed by atoms with van der Waals surface area (Å²) < 4.78 is 39.1. The van der Waals surface area contributed by atoms with Gasteiger partial charge in [0.15, 0.2) is 11.5 Å². The van der Waals surface area contributed by atoms with Crippen molar-refractivity contribution in [2.75, 3.05) is 30.4 Å². The first-order valence-corrected chi connectivity index (χ1v) is 13.0. The molecule has 1 aliphatic carbocycles. The van der Waals surface area contributed by atoms with E-state index >= 15 is 0 Å². The molecular weight excluding hydrogens is 476 g/mol. The van der Waals surface area contributed by atoms with Crippen LogP contribution >= 0.6 is 0 Å². The van der Waals surface area contributed by atoms with Gasteiger partial charge in [0.05, 0.1) is 24.8 Å². The summed E-state index contributed by atoms with van der Waals surface area (Å²) in [6.07, 6.45) is 1.96. The molecular formula is C28H26N2O5S. The Labute approximate surface area is 210 Å². The maximum atomic E-state index is 13.7. The number of anilines is 2. The molecule has 8 heteroatoms. The standard InChI is InChI=1S/C28H26N2O5S/c1-34-25-16-14-21(17-26(25)35-2)30(36(32,33)22-8-4-3-5-9-22)18-27(31)29-24-15-13-20-12-11-19-7-6-10-23(24)28(19)20/h3-10,13-17H,11-12,18H2,1-2H3,(H,29,31). The smallest absolute Gasteiger partial charge is 0.264 e. The quantitative estimate of drug-likeness (QED) is 0.375. The van der Waals surface area contributed by atoms with E-state index in [-0.39, 0.29) is 10.6 Å². The Morgan fingerprint density at radius 3 is 2.31 bits per heavy atom. The van der Waals surface area contributed by atoms with Crippen molar-refractivity contribution >= 4 is 38.1 Å². The number of carbonyl (C=O) groups excluding carboxylic acids is 1. The molecule has 0 fully saturated rings. The van der Waals surface area contributed by atoms with Crippen molar-refractivity contribution in [1.29, 1.82) is 0 Å². The Hall–Kier alpha value is -4.04. The SMILES string of the molecule is COc1ccc(N(CC(=O)Nc2ccc3c4c(cccc24)CC3)S(=O)(=O)c2ccccc2)cc1OC. The van der Waals surface area contributed by atoms with E-state index in [1.165, 1.54) is 42.9 Å². The molecule has 7 nitrogen and oxygen atoms in total. The van der Waals surface area contributed by atoms with Gasteiger partial charge in [-0.25, -0.2) is 8.42 Å². The summed E-state index contributed by atoms with van der Waals surface area (Å²) in [6, 6.07) is 22.8. The highest BCUT2D eigenvalue weighted by Crippen LogP contribution is 2.36. The lowest BCUT2D eigenvalue weighted by atomic mass is 10.0. The van der Waals surface area contributed by atoms with Crippen LogP contribution in [0.4, 0.5) is 11.4 Å². The van der Waals surface area contributed by atoms with Crippen LogP contribution in [0.2, 0.25) is 0 Å². The first-order valence-electron chi connectivity index (χ1n) is 11.6. The number of amides is 1. The molecule has 4 aromatic rings. The zero-order valence-electron chi connectivity index (χ0n) is 20.0. The fourth-order valence-corrected chi connectivity index (χ4v) is 6.12. The first kappa shape index (κ1) is 23.7. The van der Waals surface area contributed by atoms with Gasteiger partial charge in [0.2, 0.25) is 5.91 Å². The van der Waals surface area contributed by atoms with Gasteiger partial charge in [0.25, 0.3) is 10.0 Å². The highest BCUT2D eigenvalue weighted by molar-refractivity contribution is 7.92. The number of aryl methyl sites for hydroxylation is 2. The highest BCUT2D eigenvalue weighted by Gasteiger charge is 2.28. The molecule has 5 rings (SSSR count). The van der Waals surface area contributed by atoms with Gasteiger partial charge in [-0.3, -0.25) is 9.10 Å². The number of rotatable bonds is 8. The fraction of sp³-hybridized carbons (Fsp3) is 0.179. The van der Waals surface area contributed by atoms with Crippen LogP contribution in [-0.2, 0) is 27.7 Å². The number of nitrogens with one attached hydrogen (secondary N) is 1. The third-order valence-electron chi connectivity index (χ3n) is 6.42. The molecule has 4 aromatic carbocycles. The number of methoxy groups -OCH3 is 2. The molecule has 0 unspecified atom stereocenters. The summed E-state index contributed by atoms with van der Waals surface area (Å²) in [5, 5.41) is 5.07. The number of benzene rings is 4. The van der Waals surface area contributed by atoms with Crippen LogP contribution in [0.3, 0.4) is 0 Å². The lowest BCUT2D eigenvalue weighted by Gasteiger charge is -2.25. The van der Waals surface area contributed by atoms with E-state index in [2.05, 4.69) is 11.4 Å². The van der Waals surface area contributed by atoms with Crippen molar-refractivity contribution in [3.05, 3.63) is 90.0 Å². The second-order valence-electron chi connectivity index (χ2n) is 8.52. The maximum absolute atomic E-state index is 13.7. The topological polar surface area (TPSA) is 84.9 Å². The van der Waals surface area contributed by atoms with Crippen molar-refractivity contribution in [1.82, 2.24) is 0 Å². The molecule has 0 bridgehead atoms. The van der Waals surface area contributed by atoms with Crippen molar-refractivity contribution < 1.29 is 22.7 Å². The van der Waals surface area contributed by atoms with E-state index in [1.54, 1.807) is 36.4 Å². The summed E-state index contributed by atoms with van der Waals surface area (Å²) in [5.74, 6) is 0.356. The summed E-state index contributed by atoms with van der Waals surface area (Å²) in [4.78, 5) is 13.4. The van der Waals surface area contributed by atoms with Crippen LogP contribution in [0.25, 0.3) is 10.8 Å². The molecule has 0 saturated heterocycles. The van der Waals surface area contributed by atoms with Gasteiger partial charge in [-0.1, -0.05) is 42.5 Å². The van der Waals surface area contributed by atoms with Crippen molar-refractivity contribution in [2.24, 2.45) is 0 Å². The Kier molecular flexibility index (Phi) is 6.28. The molecule has 0 spiro atoms.